The second-order valence-corrected chi connectivity index (χ2v) is 13.2. The lowest BCUT2D eigenvalue weighted by atomic mass is 9.71. The first-order valence-electron chi connectivity index (χ1n) is 16.1. The number of anilines is 1. The van der Waals surface area contributed by atoms with Crippen molar-refractivity contribution in [2.45, 2.75) is 95.9 Å². The maximum absolute atomic E-state index is 15.2. The highest BCUT2D eigenvalue weighted by atomic mass is 19.4. The van der Waals surface area contributed by atoms with Gasteiger partial charge in [0.25, 0.3) is 23.6 Å². The van der Waals surface area contributed by atoms with Crippen molar-refractivity contribution < 1.29 is 45.5 Å². The fourth-order valence-corrected chi connectivity index (χ4v) is 6.90. The minimum absolute atomic E-state index is 0.133. The predicted molar refractivity (Wildman–Crippen MR) is 171 cm³/mol. The third-order valence-electron chi connectivity index (χ3n) is 10.9. The van der Waals surface area contributed by atoms with Gasteiger partial charge in [-0.2, -0.15) is 26.3 Å². The van der Waals surface area contributed by atoms with Crippen molar-refractivity contribution in [2.24, 2.45) is 0 Å². The highest BCUT2D eigenvalue weighted by molar-refractivity contribution is 6.34. The Morgan fingerprint density at radius 2 is 0.980 bits per heavy atom. The quantitative estimate of drug-likeness (QED) is 0.166. The lowest BCUT2D eigenvalue weighted by Gasteiger charge is -2.38. The molecule has 0 fully saturated rings. The van der Waals surface area contributed by atoms with Crippen molar-refractivity contribution in [3.8, 4) is 0 Å². The number of hydrogen-bond acceptors (Lipinski definition) is 4. The number of carbonyl (C=O) groups excluding carboxylic acids is 4. The second kappa shape index (κ2) is 11.8. The molecule has 0 bridgehead atoms. The van der Waals surface area contributed by atoms with Gasteiger partial charge in [-0.15, -0.1) is 0 Å². The zero-order valence-electron chi connectivity index (χ0n) is 27.9. The van der Waals surface area contributed by atoms with Crippen LogP contribution in [-0.2, 0) is 10.8 Å². The molecule has 0 radical (unpaired) electrons. The molecule has 0 unspecified atom stereocenters. The van der Waals surface area contributed by atoms with Crippen molar-refractivity contribution >= 4 is 29.3 Å². The van der Waals surface area contributed by atoms with Crippen molar-refractivity contribution in [1.82, 2.24) is 4.90 Å². The number of benzene rings is 3. The van der Waals surface area contributed by atoms with Crippen LogP contribution in [0.5, 0.6) is 0 Å². The highest BCUT2D eigenvalue weighted by Gasteiger charge is 2.73. The number of halogens is 6. The third-order valence-corrected chi connectivity index (χ3v) is 10.9. The van der Waals surface area contributed by atoms with E-state index in [-0.39, 0.29) is 22.2 Å². The summed E-state index contributed by atoms with van der Waals surface area (Å²) in [6.07, 6.45) is -10.0. The summed E-state index contributed by atoms with van der Waals surface area (Å²) in [5.74, 6) is -3.78. The smallest absolute Gasteiger partial charge is 0.269 e. The molecule has 0 saturated heterocycles. The van der Waals surface area contributed by atoms with E-state index in [1.165, 1.54) is 6.07 Å². The normalized spacial score (nSPS) is 15.8. The van der Waals surface area contributed by atoms with E-state index in [9.17, 15) is 19.2 Å². The van der Waals surface area contributed by atoms with E-state index >= 15 is 26.3 Å². The molecule has 0 aromatic heterocycles. The zero-order chi connectivity index (χ0) is 36.5. The molecule has 3 aromatic carbocycles. The van der Waals surface area contributed by atoms with Gasteiger partial charge in [-0.3, -0.25) is 24.1 Å². The van der Waals surface area contributed by atoms with Crippen LogP contribution in [0.1, 0.15) is 125 Å². The number of amides is 4. The Kier molecular flexibility index (Phi) is 8.65. The molecule has 3 aromatic rings. The van der Waals surface area contributed by atoms with Gasteiger partial charge in [0.2, 0.25) is 5.41 Å². The van der Waals surface area contributed by atoms with Crippen molar-refractivity contribution in [2.75, 3.05) is 4.90 Å². The Morgan fingerprint density at radius 3 is 1.45 bits per heavy atom. The lowest BCUT2D eigenvalue weighted by molar-refractivity contribution is -0.288. The first kappa shape index (κ1) is 35.8. The Morgan fingerprint density at radius 1 is 0.531 bits per heavy atom. The first-order valence-corrected chi connectivity index (χ1v) is 16.1. The van der Waals surface area contributed by atoms with Gasteiger partial charge in [0, 0.05) is 5.54 Å². The summed E-state index contributed by atoms with van der Waals surface area (Å²) in [6.45, 7) is 11.0. The van der Waals surface area contributed by atoms with Crippen molar-refractivity contribution in [3.05, 3.63) is 99.6 Å². The highest BCUT2D eigenvalue weighted by Crippen LogP contribution is 2.57. The molecule has 2 aliphatic rings. The van der Waals surface area contributed by atoms with Gasteiger partial charge < -0.3 is 0 Å². The van der Waals surface area contributed by atoms with Crippen molar-refractivity contribution in [3.63, 3.8) is 0 Å². The summed E-state index contributed by atoms with van der Waals surface area (Å²) in [5.41, 5.74) is -9.73. The maximum atomic E-state index is 15.2. The molecule has 260 valence electrons. The third kappa shape index (κ3) is 5.08. The molecule has 0 N–H and O–H groups in total. The molecule has 12 heteroatoms. The van der Waals surface area contributed by atoms with Gasteiger partial charge in [-0.05, 0) is 91.1 Å². The second-order valence-electron chi connectivity index (χ2n) is 13.2. The Labute approximate surface area is 280 Å². The minimum Gasteiger partial charge on any atom is -0.269 e. The standard InChI is InChI=1S/C37H36F6N2O4/c1-7-33(5,8-2)21-12-11-13-24(18-21)44-29(46)25-16-14-22(19-27(25)30(44)47)35(36(38,39)40,37(41,42)43)23-15-17-26-28(20-23)32(49)45(31(26)48)34(6,9-3)10-4/h11-20H,7-10H2,1-6H3. The van der Waals surface area contributed by atoms with Crippen LogP contribution < -0.4 is 4.90 Å². The van der Waals surface area contributed by atoms with E-state index in [0.717, 1.165) is 40.3 Å². The summed E-state index contributed by atoms with van der Waals surface area (Å²) >= 11 is 0. The van der Waals surface area contributed by atoms with Crippen LogP contribution >= 0.6 is 0 Å². The number of alkyl halides is 6. The Bertz CT molecular complexity index is 1860. The molecule has 0 spiro atoms. The summed E-state index contributed by atoms with van der Waals surface area (Å²) in [5, 5.41) is 0. The molecule has 6 nitrogen and oxygen atoms in total. The van der Waals surface area contributed by atoms with Gasteiger partial charge in [-0.1, -0.05) is 58.9 Å². The Balaban J connectivity index is 1.68. The van der Waals surface area contributed by atoms with E-state index in [0.29, 0.717) is 37.1 Å². The van der Waals surface area contributed by atoms with E-state index in [1.54, 1.807) is 32.9 Å². The molecule has 2 heterocycles. The van der Waals surface area contributed by atoms with Crippen LogP contribution in [0, 0.1) is 0 Å². The van der Waals surface area contributed by atoms with Gasteiger partial charge in [0.1, 0.15) is 0 Å². The number of rotatable bonds is 9. The fraction of sp³-hybridized carbons (Fsp3) is 0.405. The maximum Gasteiger partial charge on any atom is 0.411 e. The van der Waals surface area contributed by atoms with Gasteiger partial charge >= 0.3 is 12.4 Å². The summed E-state index contributed by atoms with van der Waals surface area (Å²) in [4.78, 5) is 55.5. The minimum atomic E-state index is -6.05. The number of fused-ring (bicyclic) bond motifs is 2. The van der Waals surface area contributed by atoms with E-state index in [1.807, 2.05) is 26.8 Å². The van der Waals surface area contributed by atoms with Crippen LogP contribution in [0.25, 0.3) is 0 Å². The lowest BCUT2D eigenvalue weighted by Crippen LogP contribution is -2.55. The molecule has 0 aliphatic carbocycles. The van der Waals surface area contributed by atoms with E-state index in [4.69, 9.17) is 0 Å². The van der Waals surface area contributed by atoms with Crippen LogP contribution in [0.15, 0.2) is 60.7 Å². The largest absolute Gasteiger partial charge is 0.411 e. The van der Waals surface area contributed by atoms with E-state index in [2.05, 4.69) is 0 Å². The molecule has 4 amide bonds. The van der Waals surface area contributed by atoms with Crippen LogP contribution in [-0.4, -0.2) is 46.4 Å². The summed E-state index contributed by atoms with van der Waals surface area (Å²) < 4.78 is 91.1. The van der Waals surface area contributed by atoms with Crippen LogP contribution in [0.4, 0.5) is 32.0 Å². The van der Waals surface area contributed by atoms with Gasteiger partial charge in [0.05, 0.1) is 27.9 Å². The summed E-state index contributed by atoms with van der Waals surface area (Å²) in [7, 11) is 0. The average molecular weight is 687 g/mol. The van der Waals surface area contributed by atoms with E-state index < -0.39 is 69.2 Å². The number of nitrogens with zero attached hydrogens (tertiary/aromatic N) is 2. The molecule has 0 atom stereocenters. The van der Waals surface area contributed by atoms with Gasteiger partial charge in [0.15, 0.2) is 0 Å². The fourth-order valence-electron chi connectivity index (χ4n) is 6.90. The molecule has 0 saturated carbocycles. The zero-order valence-corrected chi connectivity index (χ0v) is 27.9. The summed E-state index contributed by atoms with van der Waals surface area (Å²) in [6, 6.07) is 10.2. The van der Waals surface area contributed by atoms with Gasteiger partial charge in [-0.25, -0.2) is 4.90 Å². The number of hydrogen-bond donors (Lipinski definition) is 0. The number of carbonyl (C=O) groups is 4. The monoisotopic (exact) mass is 686 g/mol. The molecule has 5 rings (SSSR count). The van der Waals surface area contributed by atoms with Crippen LogP contribution in [0.2, 0.25) is 0 Å². The molecular weight excluding hydrogens is 650 g/mol. The molecular formula is C37H36F6N2O4. The predicted octanol–water partition coefficient (Wildman–Crippen LogP) is 9.15. The SMILES string of the molecule is CCC(C)(CC)c1cccc(N2C(=O)c3ccc(C(c4ccc5c(c4)C(=O)N(C(C)(CC)CC)C5=O)(C(F)(F)F)C(F)(F)F)cc3C2=O)c1. The topological polar surface area (TPSA) is 74.8 Å². The first-order chi connectivity index (χ1) is 22.8. The average Bonchev–Trinajstić information content (AvgIpc) is 3.46. The number of imide groups is 2. The van der Waals surface area contributed by atoms with Crippen LogP contribution in [0.3, 0.4) is 0 Å². The molecule has 2 aliphatic heterocycles. The van der Waals surface area contributed by atoms with Crippen molar-refractivity contribution in [1.29, 1.82) is 0 Å². The molecule has 49 heavy (non-hydrogen) atoms. The Hall–Kier alpha value is -4.48.